The number of halogens is 1. The monoisotopic (exact) mass is 320 g/mol. The third-order valence-electron chi connectivity index (χ3n) is 4.72. The number of likely N-dealkylation sites (tertiary alicyclic amines) is 1. The van der Waals surface area contributed by atoms with Crippen molar-refractivity contribution in [2.45, 2.75) is 44.2 Å². The summed E-state index contributed by atoms with van der Waals surface area (Å²) in [5.41, 5.74) is 0.290. The average molecular weight is 320 g/mol. The van der Waals surface area contributed by atoms with Crippen LogP contribution in [0, 0.1) is 5.82 Å². The SMILES string of the molecule is O=C1C[C@H](N2CCCC[C@@H]2CCO)C(=O)N1c1cccc(F)c1. The molecule has 124 valence electrons. The van der Waals surface area contributed by atoms with Crippen LogP contribution in [0.3, 0.4) is 0 Å². The Hall–Kier alpha value is -1.79. The van der Waals surface area contributed by atoms with Gasteiger partial charge in [-0.2, -0.15) is 0 Å². The van der Waals surface area contributed by atoms with E-state index in [2.05, 4.69) is 4.90 Å². The molecule has 23 heavy (non-hydrogen) atoms. The van der Waals surface area contributed by atoms with E-state index in [0.717, 1.165) is 30.7 Å². The Morgan fingerprint density at radius 1 is 1.26 bits per heavy atom. The second-order valence-electron chi connectivity index (χ2n) is 6.17. The standard InChI is InChI=1S/C17H21FN2O3/c18-12-4-3-6-14(10-12)20-16(22)11-15(17(20)23)19-8-2-1-5-13(19)7-9-21/h3-4,6,10,13,15,21H,1-2,5,7-9,11H2/t13-,15+/m1/s1. The van der Waals surface area contributed by atoms with Gasteiger partial charge in [-0.05, 0) is 44.0 Å². The Bertz CT molecular complexity index is 605. The van der Waals surface area contributed by atoms with Crippen molar-refractivity contribution in [2.75, 3.05) is 18.1 Å². The van der Waals surface area contributed by atoms with Crippen molar-refractivity contribution in [1.29, 1.82) is 0 Å². The van der Waals surface area contributed by atoms with Crippen LogP contribution < -0.4 is 4.90 Å². The lowest BCUT2D eigenvalue weighted by Crippen LogP contribution is -2.50. The fourth-order valence-corrected chi connectivity index (χ4v) is 3.65. The Morgan fingerprint density at radius 2 is 2.09 bits per heavy atom. The van der Waals surface area contributed by atoms with E-state index in [1.807, 2.05) is 0 Å². The molecular weight excluding hydrogens is 299 g/mol. The quantitative estimate of drug-likeness (QED) is 0.858. The Labute approximate surface area is 134 Å². The number of aliphatic hydroxyl groups is 1. The predicted octanol–water partition coefficient (Wildman–Crippen LogP) is 1.69. The number of hydrogen-bond donors (Lipinski definition) is 1. The van der Waals surface area contributed by atoms with Gasteiger partial charge in [0.25, 0.3) is 5.91 Å². The summed E-state index contributed by atoms with van der Waals surface area (Å²) in [6, 6.07) is 5.19. The van der Waals surface area contributed by atoms with Gasteiger partial charge in [0.2, 0.25) is 5.91 Å². The summed E-state index contributed by atoms with van der Waals surface area (Å²) in [7, 11) is 0. The van der Waals surface area contributed by atoms with Crippen molar-refractivity contribution in [3.63, 3.8) is 0 Å². The lowest BCUT2D eigenvalue weighted by Gasteiger charge is -2.38. The molecule has 2 aliphatic rings. The summed E-state index contributed by atoms with van der Waals surface area (Å²) in [5.74, 6) is -1.05. The van der Waals surface area contributed by atoms with Crippen molar-refractivity contribution in [3.8, 4) is 0 Å². The van der Waals surface area contributed by atoms with Crippen LogP contribution >= 0.6 is 0 Å². The molecule has 0 bridgehead atoms. The van der Waals surface area contributed by atoms with Crippen LogP contribution in [0.2, 0.25) is 0 Å². The van der Waals surface area contributed by atoms with Crippen molar-refractivity contribution >= 4 is 17.5 Å². The summed E-state index contributed by atoms with van der Waals surface area (Å²) in [6.07, 6.45) is 3.72. The molecule has 1 aromatic rings. The van der Waals surface area contributed by atoms with Crippen LogP contribution in [0.4, 0.5) is 10.1 Å². The Balaban J connectivity index is 1.83. The molecule has 0 radical (unpaired) electrons. The van der Waals surface area contributed by atoms with Crippen LogP contribution in [0.1, 0.15) is 32.1 Å². The van der Waals surface area contributed by atoms with E-state index in [9.17, 15) is 19.1 Å². The highest BCUT2D eigenvalue weighted by Gasteiger charge is 2.44. The van der Waals surface area contributed by atoms with E-state index in [4.69, 9.17) is 0 Å². The maximum atomic E-state index is 13.4. The van der Waals surface area contributed by atoms with Crippen molar-refractivity contribution in [3.05, 3.63) is 30.1 Å². The molecule has 2 fully saturated rings. The summed E-state index contributed by atoms with van der Waals surface area (Å²) in [4.78, 5) is 28.2. The Kier molecular flexibility index (Phi) is 4.73. The Morgan fingerprint density at radius 3 is 2.83 bits per heavy atom. The van der Waals surface area contributed by atoms with E-state index >= 15 is 0 Å². The van der Waals surface area contributed by atoms with Crippen LogP contribution in [-0.2, 0) is 9.59 Å². The average Bonchev–Trinajstić information content (AvgIpc) is 2.83. The molecule has 1 aromatic carbocycles. The number of anilines is 1. The van der Waals surface area contributed by atoms with E-state index in [1.54, 1.807) is 6.07 Å². The number of amides is 2. The number of aliphatic hydroxyl groups excluding tert-OH is 1. The second kappa shape index (κ2) is 6.76. The lowest BCUT2D eigenvalue weighted by molar-refractivity contribution is -0.123. The van der Waals surface area contributed by atoms with E-state index in [1.165, 1.54) is 18.2 Å². The molecular formula is C17H21FN2O3. The summed E-state index contributed by atoms with van der Waals surface area (Å²) in [6.45, 7) is 0.828. The van der Waals surface area contributed by atoms with Crippen molar-refractivity contribution < 1.29 is 19.1 Å². The van der Waals surface area contributed by atoms with Gasteiger partial charge in [0, 0.05) is 12.6 Å². The molecule has 2 heterocycles. The fraction of sp³-hybridized carbons (Fsp3) is 0.529. The highest BCUT2D eigenvalue weighted by molar-refractivity contribution is 6.22. The zero-order valence-corrected chi connectivity index (χ0v) is 12.9. The highest BCUT2D eigenvalue weighted by Crippen LogP contribution is 2.30. The first kappa shape index (κ1) is 16.1. The van der Waals surface area contributed by atoms with Crippen molar-refractivity contribution in [1.82, 2.24) is 4.90 Å². The summed E-state index contributed by atoms with van der Waals surface area (Å²) >= 11 is 0. The van der Waals surface area contributed by atoms with E-state index in [0.29, 0.717) is 12.1 Å². The van der Waals surface area contributed by atoms with Gasteiger partial charge in [0.15, 0.2) is 0 Å². The first-order valence-corrected chi connectivity index (χ1v) is 8.11. The molecule has 0 unspecified atom stereocenters. The molecule has 2 amide bonds. The van der Waals surface area contributed by atoms with Gasteiger partial charge in [0.05, 0.1) is 18.2 Å². The van der Waals surface area contributed by atoms with E-state index < -0.39 is 11.9 Å². The normalized spacial score (nSPS) is 26.1. The van der Waals surface area contributed by atoms with Gasteiger partial charge in [-0.3, -0.25) is 14.5 Å². The van der Waals surface area contributed by atoms with Gasteiger partial charge in [-0.15, -0.1) is 0 Å². The van der Waals surface area contributed by atoms with Crippen LogP contribution in [0.25, 0.3) is 0 Å². The molecule has 2 aliphatic heterocycles. The number of rotatable bonds is 4. The van der Waals surface area contributed by atoms with Gasteiger partial charge < -0.3 is 5.11 Å². The van der Waals surface area contributed by atoms with Gasteiger partial charge in [-0.1, -0.05) is 12.5 Å². The molecule has 1 N–H and O–H groups in total. The molecule has 5 nitrogen and oxygen atoms in total. The number of piperidine rings is 1. The smallest absolute Gasteiger partial charge is 0.251 e. The summed E-state index contributed by atoms with van der Waals surface area (Å²) < 4.78 is 13.4. The number of carbonyl (C=O) groups excluding carboxylic acids is 2. The highest BCUT2D eigenvalue weighted by atomic mass is 19.1. The molecule has 0 saturated carbocycles. The third-order valence-corrected chi connectivity index (χ3v) is 4.72. The van der Waals surface area contributed by atoms with Crippen LogP contribution in [0.5, 0.6) is 0 Å². The molecule has 2 saturated heterocycles. The molecule has 6 heteroatoms. The second-order valence-corrected chi connectivity index (χ2v) is 6.17. The fourth-order valence-electron chi connectivity index (χ4n) is 3.65. The number of imide groups is 1. The topological polar surface area (TPSA) is 60.9 Å². The number of nitrogens with zero attached hydrogens (tertiary/aromatic N) is 2. The van der Waals surface area contributed by atoms with Gasteiger partial charge >= 0.3 is 0 Å². The zero-order valence-electron chi connectivity index (χ0n) is 12.9. The minimum Gasteiger partial charge on any atom is -0.396 e. The molecule has 0 aliphatic carbocycles. The lowest BCUT2D eigenvalue weighted by atomic mass is 9.97. The molecule has 2 atom stereocenters. The molecule has 3 rings (SSSR count). The third kappa shape index (κ3) is 3.14. The first-order chi connectivity index (χ1) is 11.1. The molecule has 0 aromatic heterocycles. The zero-order chi connectivity index (χ0) is 16.4. The van der Waals surface area contributed by atoms with Gasteiger partial charge in [0.1, 0.15) is 5.82 Å². The van der Waals surface area contributed by atoms with E-state index in [-0.39, 0.29) is 30.9 Å². The maximum absolute atomic E-state index is 13.4. The van der Waals surface area contributed by atoms with Crippen LogP contribution in [-0.4, -0.2) is 47.1 Å². The molecule has 0 spiro atoms. The largest absolute Gasteiger partial charge is 0.396 e. The van der Waals surface area contributed by atoms with Crippen molar-refractivity contribution in [2.24, 2.45) is 0 Å². The van der Waals surface area contributed by atoms with Crippen LogP contribution in [0.15, 0.2) is 24.3 Å². The summed E-state index contributed by atoms with van der Waals surface area (Å²) in [5, 5.41) is 9.23. The van der Waals surface area contributed by atoms with Gasteiger partial charge in [-0.25, -0.2) is 9.29 Å². The minimum absolute atomic E-state index is 0.0730. The predicted molar refractivity (Wildman–Crippen MR) is 83.3 cm³/mol. The number of benzene rings is 1. The first-order valence-electron chi connectivity index (χ1n) is 8.11. The maximum Gasteiger partial charge on any atom is 0.251 e. The number of hydrogen-bond acceptors (Lipinski definition) is 4. The number of carbonyl (C=O) groups is 2. The minimum atomic E-state index is -0.498.